The minimum atomic E-state index is 0.0516. The van der Waals surface area contributed by atoms with Crippen molar-refractivity contribution in [1.29, 1.82) is 0 Å². The van der Waals surface area contributed by atoms with Crippen molar-refractivity contribution in [3.05, 3.63) is 38.4 Å². The molecule has 1 N–H and O–H groups in total. The van der Waals surface area contributed by atoms with Crippen molar-refractivity contribution in [3.8, 4) is 0 Å². The van der Waals surface area contributed by atoms with Gasteiger partial charge in [0.1, 0.15) is 0 Å². The molecule has 1 unspecified atom stereocenters. The van der Waals surface area contributed by atoms with Crippen molar-refractivity contribution in [2.45, 2.75) is 45.1 Å². The number of fused-ring (bicyclic) bond motifs is 1. The van der Waals surface area contributed by atoms with Gasteiger partial charge in [0, 0.05) is 16.9 Å². The summed E-state index contributed by atoms with van der Waals surface area (Å²) in [6, 6.07) is 2.29. The van der Waals surface area contributed by atoms with Gasteiger partial charge in [-0.2, -0.15) is 0 Å². The van der Waals surface area contributed by atoms with Crippen LogP contribution in [0.1, 0.15) is 47.0 Å². The number of nitrogens with zero attached hydrogens (tertiary/aromatic N) is 1. The molecule has 2 heterocycles. The summed E-state index contributed by atoms with van der Waals surface area (Å²) < 4.78 is 4.90. The van der Waals surface area contributed by atoms with Crippen LogP contribution in [0.3, 0.4) is 0 Å². The highest BCUT2D eigenvalue weighted by Gasteiger charge is 2.23. The van der Waals surface area contributed by atoms with Gasteiger partial charge in [0.05, 0.1) is 11.7 Å². The third-order valence-corrected chi connectivity index (χ3v) is 5.22. The lowest BCUT2D eigenvalue weighted by Crippen LogP contribution is -2.30. The second-order valence-electron chi connectivity index (χ2n) is 5.33. The third-order valence-electron chi connectivity index (χ3n) is 3.93. The fourth-order valence-electron chi connectivity index (χ4n) is 2.78. The van der Waals surface area contributed by atoms with Crippen molar-refractivity contribution in [1.82, 2.24) is 10.5 Å². The maximum absolute atomic E-state index is 12.2. The van der Waals surface area contributed by atoms with Crippen LogP contribution in [0.25, 0.3) is 0 Å². The monoisotopic (exact) mass is 324 g/mol. The van der Waals surface area contributed by atoms with E-state index in [1.807, 2.05) is 6.92 Å². The number of nitrogens with one attached hydrogen (secondary N) is 1. The average Bonchev–Trinajstić information content (AvgIpc) is 3.05. The van der Waals surface area contributed by atoms with Gasteiger partial charge in [-0.15, -0.1) is 11.3 Å². The molecule has 1 atom stereocenters. The van der Waals surface area contributed by atoms with E-state index in [2.05, 4.69) is 21.9 Å². The summed E-state index contributed by atoms with van der Waals surface area (Å²) in [5.41, 5.74) is 2.87. The number of aromatic nitrogens is 1. The quantitative estimate of drug-likeness (QED) is 0.930. The first-order chi connectivity index (χ1) is 10.1. The molecule has 4 nitrogen and oxygen atoms in total. The highest BCUT2D eigenvalue weighted by atomic mass is 35.5. The van der Waals surface area contributed by atoms with Crippen LogP contribution in [0.4, 0.5) is 0 Å². The van der Waals surface area contributed by atoms with E-state index < -0.39 is 0 Å². The van der Waals surface area contributed by atoms with E-state index in [9.17, 15) is 4.79 Å². The number of halogens is 1. The molecule has 0 saturated heterocycles. The molecule has 2 aromatic rings. The first-order valence-corrected chi connectivity index (χ1v) is 8.37. The summed E-state index contributed by atoms with van der Waals surface area (Å²) in [4.78, 5) is 13.6. The Morgan fingerprint density at radius 2 is 2.48 bits per heavy atom. The van der Waals surface area contributed by atoms with Gasteiger partial charge in [0.2, 0.25) is 11.1 Å². The number of thiophene rings is 1. The van der Waals surface area contributed by atoms with Crippen LogP contribution in [0, 0.1) is 6.92 Å². The maximum atomic E-state index is 12.2. The predicted molar refractivity (Wildman–Crippen MR) is 82.7 cm³/mol. The Kier molecular flexibility index (Phi) is 4.31. The number of rotatable bonds is 4. The molecule has 0 fully saturated rings. The van der Waals surface area contributed by atoms with Gasteiger partial charge in [-0.3, -0.25) is 4.79 Å². The molecule has 1 aliphatic rings. The van der Waals surface area contributed by atoms with E-state index in [1.165, 1.54) is 10.4 Å². The maximum Gasteiger partial charge on any atom is 0.229 e. The average molecular weight is 325 g/mol. The Morgan fingerprint density at radius 3 is 3.24 bits per heavy atom. The van der Waals surface area contributed by atoms with Crippen molar-refractivity contribution >= 4 is 28.8 Å². The van der Waals surface area contributed by atoms with Crippen LogP contribution >= 0.6 is 22.9 Å². The van der Waals surface area contributed by atoms with Gasteiger partial charge < -0.3 is 9.84 Å². The fraction of sp³-hybridized carbons (Fsp3) is 0.467. The van der Waals surface area contributed by atoms with Gasteiger partial charge in [0.25, 0.3) is 0 Å². The number of aryl methyl sites for hydroxylation is 2. The van der Waals surface area contributed by atoms with Gasteiger partial charge in [0.15, 0.2) is 0 Å². The second kappa shape index (κ2) is 6.20. The molecular formula is C15H17ClN2O2S. The summed E-state index contributed by atoms with van der Waals surface area (Å²) in [7, 11) is 0. The molecule has 2 aromatic heterocycles. The van der Waals surface area contributed by atoms with Crippen LogP contribution in [0.15, 0.2) is 16.0 Å². The molecule has 1 amide bonds. The van der Waals surface area contributed by atoms with Crippen LogP contribution in [-0.2, 0) is 17.6 Å². The zero-order chi connectivity index (χ0) is 14.8. The molecule has 0 saturated carbocycles. The fourth-order valence-corrected chi connectivity index (χ4v) is 4.03. The largest absolute Gasteiger partial charge is 0.349 e. The second-order valence-corrected chi connectivity index (χ2v) is 6.68. The molecule has 0 aliphatic heterocycles. The smallest absolute Gasteiger partial charge is 0.229 e. The molecule has 112 valence electrons. The molecule has 0 radical (unpaired) electrons. The SMILES string of the molecule is Cc1noc(Cl)c1CCC(=O)NC1CCCc2sccc21. The number of carbonyl (C=O) groups excluding carboxylic acids is 1. The molecule has 3 rings (SSSR count). The van der Waals surface area contributed by atoms with Gasteiger partial charge in [-0.05, 0) is 61.2 Å². The highest BCUT2D eigenvalue weighted by molar-refractivity contribution is 7.10. The van der Waals surface area contributed by atoms with Gasteiger partial charge >= 0.3 is 0 Å². The standard InChI is InChI=1S/C15H17ClN2O2S/c1-9-10(15(16)20-18-9)5-6-14(19)17-12-3-2-4-13-11(12)7-8-21-13/h7-8,12H,2-6H2,1H3,(H,17,19). The topological polar surface area (TPSA) is 55.1 Å². The van der Waals surface area contributed by atoms with Gasteiger partial charge in [-0.1, -0.05) is 5.16 Å². The minimum Gasteiger partial charge on any atom is -0.349 e. The van der Waals surface area contributed by atoms with Crippen LogP contribution < -0.4 is 5.32 Å². The first-order valence-electron chi connectivity index (χ1n) is 7.11. The van der Waals surface area contributed by atoms with E-state index in [-0.39, 0.29) is 17.2 Å². The van der Waals surface area contributed by atoms with E-state index in [1.54, 1.807) is 11.3 Å². The number of hydrogen-bond donors (Lipinski definition) is 1. The van der Waals surface area contributed by atoms with Crippen molar-refractivity contribution in [2.75, 3.05) is 0 Å². The van der Waals surface area contributed by atoms with Crippen molar-refractivity contribution < 1.29 is 9.32 Å². The zero-order valence-electron chi connectivity index (χ0n) is 11.8. The molecule has 6 heteroatoms. The summed E-state index contributed by atoms with van der Waals surface area (Å²) in [5, 5.41) is 9.33. The van der Waals surface area contributed by atoms with E-state index in [0.717, 1.165) is 30.5 Å². The Bertz CT molecular complexity index is 630. The number of carbonyl (C=O) groups is 1. The Balaban J connectivity index is 1.58. The van der Waals surface area contributed by atoms with Crippen molar-refractivity contribution in [3.63, 3.8) is 0 Å². The Morgan fingerprint density at radius 1 is 1.62 bits per heavy atom. The van der Waals surface area contributed by atoms with Crippen LogP contribution in [0.2, 0.25) is 5.22 Å². The molecule has 0 bridgehead atoms. The first kappa shape index (κ1) is 14.6. The highest BCUT2D eigenvalue weighted by Crippen LogP contribution is 2.33. The Hall–Kier alpha value is -1.33. The lowest BCUT2D eigenvalue weighted by molar-refractivity contribution is -0.121. The minimum absolute atomic E-state index is 0.0516. The normalized spacial score (nSPS) is 17.5. The van der Waals surface area contributed by atoms with E-state index >= 15 is 0 Å². The summed E-state index contributed by atoms with van der Waals surface area (Å²) in [6.07, 6.45) is 4.24. The molecule has 0 spiro atoms. The number of amides is 1. The summed E-state index contributed by atoms with van der Waals surface area (Å²) in [6.45, 7) is 1.83. The molecular weight excluding hydrogens is 308 g/mol. The third kappa shape index (κ3) is 3.14. The van der Waals surface area contributed by atoms with Gasteiger partial charge in [-0.25, -0.2) is 0 Å². The molecule has 1 aliphatic carbocycles. The van der Waals surface area contributed by atoms with E-state index in [4.69, 9.17) is 16.1 Å². The number of hydrogen-bond acceptors (Lipinski definition) is 4. The molecule has 0 aromatic carbocycles. The van der Waals surface area contributed by atoms with Crippen molar-refractivity contribution in [2.24, 2.45) is 0 Å². The predicted octanol–water partition coefficient (Wildman–Crippen LogP) is 3.82. The Labute approximate surface area is 132 Å². The van der Waals surface area contributed by atoms with Crippen LogP contribution in [0.5, 0.6) is 0 Å². The lowest BCUT2D eigenvalue weighted by atomic mass is 9.94. The summed E-state index contributed by atoms with van der Waals surface area (Å²) in [5.74, 6) is 0.0516. The van der Waals surface area contributed by atoms with E-state index in [0.29, 0.717) is 12.8 Å². The van der Waals surface area contributed by atoms with Crippen LogP contribution in [-0.4, -0.2) is 11.1 Å². The summed E-state index contributed by atoms with van der Waals surface area (Å²) >= 11 is 7.70. The zero-order valence-corrected chi connectivity index (χ0v) is 13.4. The molecule has 21 heavy (non-hydrogen) atoms. The lowest BCUT2D eigenvalue weighted by Gasteiger charge is -2.23.